The van der Waals surface area contributed by atoms with Gasteiger partial charge in [-0.1, -0.05) is 100 Å². The molecular formula is C30H51NO5S. The van der Waals surface area contributed by atoms with Crippen LogP contribution in [0.2, 0.25) is 0 Å². The molecule has 212 valence electrons. The Kier molecular flexibility index (Phi) is 23.1. The maximum absolute atomic E-state index is 12.3. The van der Waals surface area contributed by atoms with Crippen LogP contribution < -0.4 is 5.32 Å². The van der Waals surface area contributed by atoms with E-state index in [1.165, 1.54) is 6.08 Å². The summed E-state index contributed by atoms with van der Waals surface area (Å²) in [5, 5.41) is 12.9. The van der Waals surface area contributed by atoms with Crippen molar-refractivity contribution in [3.63, 3.8) is 0 Å². The molecule has 0 aromatic heterocycles. The SMILES string of the molecule is CC/C=C\C/C=C\C/C=C\CCCCCCCC(=O)NC(CS(=O)(=O)O)C(O)/C=C/CC/C=C/CCC. The van der Waals surface area contributed by atoms with E-state index in [4.69, 9.17) is 0 Å². The molecule has 2 unspecified atom stereocenters. The molecule has 0 aliphatic rings. The van der Waals surface area contributed by atoms with Gasteiger partial charge in [0.1, 0.15) is 0 Å². The number of hydrogen-bond donors (Lipinski definition) is 3. The number of allylic oxidation sites excluding steroid dienone is 9. The number of nitrogens with one attached hydrogen (secondary N) is 1. The fourth-order valence-electron chi connectivity index (χ4n) is 3.60. The van der Waals surface area contributed by atoms with Crippen molar-refractivity contribution in [1.29, 1.82) is 0 Å². The lowest BCUT2D eigenvalue weighted by molar-refractivity contribution is -0.122. The van der Waals surface area contributed by atoms with Gasteiger partial charge in [-0.15, -0.1) is 0 Å². The first-order valence-corrected chi connectivity index (χ1v) is 15.6. The van der Waals surface area contributed by atoms with Crippen molar-refractivity contribution in [3.8, 4) is 0 Å². The van der Waals surface area contributed by atoms with Crippen molar-refractivity contribution in [2.24, 2.45) is 0 Å². The highest BCUT2D eigenvalue weighted by Crippen LogP contribution is 2.09. The predicted octanol–water partition coefficient (Wildman–Crippen LogP) is 7.00. The van der Waals surface area contributed by atoms with Gasteiger partial charge in [0.2, 0.25) is 5.91 Å². The lowest BCUT2D eigenvalue weighted by Crippen LogP contribution is -2.46. The second-order valence-electron chi connectivity index (χ2n) is 9.28. The fourth-order valence-corrected chi connectivity index (χ4v) is 4.34. The van der Waals surface area contributed by atoms with E-state index in [-0.39, 0.29) is 12.3 Å². The Bertz CT molecular complexity index is 812. The van der Waals surface area contributed by atoms with Crippen molar-refractivity contribution in [1.82, 2.24) is 5.32 Å². The molecule has 6 nitrogen and oxygen atoms in total. The summed E-state index contributed by atoms with van der Waals surface area (Å²) in [5.41, 5.74) is 0. The van der Waals surface area contributed by atoms with Gasteiger partial charge in [0.05, 0.1) is 17.9 Å². The Balaban J connectivity index is 4.15. The van der Waals surface area contributed by atoms with E-state index in [2.05, 4.69) is 67.8 Å². The zero-order valence-electron chi connectivity index (χ0n) is 23.1. The van der Waals surface area contributed by atoms with E-state index in [0.717, 1.165) is 70.6 Å². The second kappa shape index (κ2) is 24.4. The zero-order chi connectivity index (χ0) is 27.6. The lowest BCUT2D eigenvalue weighted by atomic mass is 10.1. The Hall–Kier alpha value is -1.96. The second-order valence-corrected chi connectivity index (χ2v) is 10.8. The van der Waals surface area contributed by atoms with Crippen LogP contribution in [0.15, 0.2) is 60.8 Å². The third-order valence-electron chi connectivity index (χ3n) is 5.66. The van der Waals surface area contributed by atoms with Gasteiger partial charge in [-0.2, -0.15) is 8.42 Å². The minimum atomic E-state index is -4.34. The monoisotopic (exact) mass is 537 g/mol. The lowest BCUT2D eigenvalue weighted by Gasteiger charge is -2.21. The van der Waals surface area contributed by atoms with Gasteiger partial charge in [0, 0.05) is 6.42 Å². The van der Waals surface area contributed by atoms with E-state index in [1.807, 2.05) is 0 Å². The highest BCUT2D eigenvalue weighted by Gasteiger charge is 2.24. The van der Waals surface area contributed by atoms with Gasteiger partial charge in [0.15, 0.2) is 0 Å². The Morgan fingerprint density at radius 1 is 0.757 bits per heavy atom. The van der Waals surface area contributed by atoms with Crippen LogP contribution in [0.1, 0.15) is 104 Å². The van der Waals surface area contributed by atoms with E-state index in [1.54, 1.807) is 6.08 Å². The van der Waals surface area contributed by atoms with E-state index in [0.29, 0.717) is 12.8 Å². The molecule has 0 heterocycles. The Labute approximate surface area is 226 Å². The summed E-state index contributed by atoms with van der Waals surface area (Å²) >= 11 is 0. The fraction of sp³-hybridized carbons (Fsp3) is 0.633. The van der Waals surface area contributed by atoms with Gasteiger partial charge >= 0.3 is 0 Å². The quantitative estimate of drug-likeness (QED) is 0.0739. The van der Waals surface area contributed by atoms with Crippen LogP contribution in [0.25, 0.3) is 0 Å². The average Bonchev–Trinajstić information content (AvgIpc) is 2.84. The minimum Gasteiger partial charge on any atom is -0.387 e. The van der Waals surface area contributed by atoms with Gasteiger partial charge in [0.25, 0.3) is 10.1 Å². The van der Waals surface area contributed by atoms with Crippen LogP contribution >= 0.6 is 0 Å². The molecule has 0 bridgehead atoms. The zero-order valence-corrected chi connectivity index (χ0v) is 23.9. The molecule has 3 N–H and O–H groups in total. The predicted molar refractivity (Wildman–Crippen MR) is 156 cm³/mol. The smallest absolute Gasteiger partial charge is 0.267 e. The highest BCUT2D eigenvalue weighted by molar-refractivity contribution is 7.85. The van der Waals surface area contributed by atoms with Gasteiger partial charge in [-0.3, -0.25) is 9.35 Å². The normalized spacial score (nSPS) is 14.6. The molecule has 0 saturated heterocycles. The Morgan fingerprint density at radius 2 is 1.32 bits per heavy atom. The van der Waals surface area contributed by atoms with E-state index in [9.17, 15) is 22.9 Å². The van der Waals surface area contributed by atoms with Crippen LogP contribution in [0.3, 0.4) is 0 Å². The molecular weight excluding hydrogens is 486 g/mol. The minimum absolute atomic E-state index is 0.264. The molecule has 0 fully saturated rings. The van der Waals surface area contributed by atoms with E-state index < -0.39 is 28.0 Å². The molecule has 0 aromatic carbocycles. The van der Waals surface area contributed by atoms with Crippen molar-refractivity contribution in [2.45, 2.75) is 116 Å². The third-order valence-corrected chi connectivity index (χ3v) is 6.44. The Morgan fingerprint density at radius 3 is 2.00 bits per heavy atom. The molecule has 0 spiro atoms. The summed E-state index contributed by atoms with van der Waals surface area (Å²) in [6.45, 7) is 4.24. The summed E-state index contributed by atoms with van der Waals surface area (Å²) in [4.78, 5) is 12.3. The highest BCUT2D eigenvalue weighted by atomic mass is 32.2. The molecule has 0 aliphatic carbocycles. The third kappa shape index (κ3) is 25.5. The van der Waals surface area contributed by atoms with Crippen molar-refractivity contribution >= 4 is 16.0 Å². The molecule has 7 heteroatoms. The van der Waals surface area contributed by atoms with E-state index >= 15 is 0 Å². The average molecular weight is 538 g/mol. The van der Waals surface area contributed by atoms with Gasteiger partial charge in [-0.25, -0.2) is 0 Å². The van der Waals surface area contributed by atoms with Crippen molar-refractivity contribution < 1.29 is 22.9 Å². The van der Waals surface area contributed by atoms with Crippen LogP contribution in [0.5, 0.6) is 0 Å². The summed E-state index contributed by atoms with van der Waals surface area (Å²) in [6.07, 6.45) is 32.3. The molecule has 1 amide bonds. The molecule has 0 aliphatic heterocycles. The summed E-state index contributed by atoms with van der Waals surface area (Å²) in [7, 11) is -4.34. The number of aliphatic hydroxyl groups is 1. The first kappa shape index (κ1) is 35.0. The number of amides is 1. The van der Waals surface area contributed by atoms with Crippen LogP contribution in [-0.4, -0.2) is 41.9 Å². The van der Waals surface area contributed by atoms with Crippen molar-refractivity contribution in [3.05, 3.63) is 60.8 Å². The van der Waals surface area contributed by atoms with Crippen LogP contribution in [0.4, 0.5) is 0 Å². The largest absolute Gasteiger partial charge is 0.387 e. The molecule has 0 radical (unpaired) electrons. The molecule has 37 heavy (non-hydrogen) atoms. The maximum atomic E-state index is 12.3. The van der Waals surface area contributed by atoms with Crippen molar-refractivity contribution in [2.75, 3.05) is 5.75 Å². The first-order chi connectivity index (χ1) is 17.8. The number of unbranched alkanes of at least 4 members (excludes halogenated alkanes) is 7. The van der Waals surface area contributed by atoms with Gasteiger partial charge < -0.3 is 10.4 Å². The number of hydrogen-bond acceptors (Lipinski definition) is 4. The number of carbonyl (C=O) groups is 1. The molecule has 2 atom stereocenters. The summed E-state index contributed by atoms with van der Waals surface area (Å²) < 4.78 is 31.9. The molecule has 0 aromatic rings. The van der Waals surface area contributed by atoms with Gasteiger partial charge in [-0.05, 0) is 57.8 Å². The molecule has 0 saturated carbocycles. The number of rotatable bonds is 23. The molecule has 0 rings (SSSR count). The van der Waals surface area contributed by atoms with Crippen LogP contribution in [-0.2, 0) is 14.9 Å². The number of aliphatic hydroxyl groups excluding tert-OH is 1. The standard InChI is InChI=1S/C30H51NO5S/c1-3-5-7-9-11-12-13-14-15-16-17-18-20-22-24-26-30(33)31-28(27-37(34,35)36)29(32)25-23-21-19-10-8-6-4-2/h5,7-8,10-12,14-15,23,25,28-29,32H,3-4,6,9,13,16-22,24,26-27H2,1-2H3,(H,31,33)(H,34,35,36)/b7-5-,10-8+,12-11-,15-14-,25-23+. The topological polar surface area (TPSA) is 104 Å². The first-order valence-electron chi connectivity index (χ1n) is 14.0. The maximum Gasteiger partial charge on any atom is 0.267 e. The number of carbonyl (C=O) groups excluding carboxylic acids is 1. The summed E-state index contributed by atoms with van der Waals surface area (Å²) in [6, 6.07) is -1.08. The van der Waals surface area contributed by atoms with Crippen LogP contribution in [0, 0.1) is 0 Å². The summed E-state index contributed by atoms with van der Waals surface area (Å²) in [5.74, 6) is -1.04.